The van der Waals surface area contributed by atoms with Gasteiger partial charge in [-0.3, -0.25) is 9.59 Å². The average Bonchev–Trinajstić information content (AvgIpc) is 2.96. The van der Waals surface area contributed by atoms with E-state index < -0.39 is 0 Å². The predicted molar refractivity (Wildman–Crippen MR) is 76.4 cm³/mol. The number of ether oxygens (including phenoxy) is 2. The van der Waals surface area contributed by atoms with E-state index in [4.69, 9.17) is 21.1 Å². The van der Waals surface area contributed by atoms with E-state index in [-0.39, 0.29) is 25.0 Å². The molecule has 0 atom stereocenters. The van der Waals surface area contributed by atoms with Crippen LogP contribution >= 0.6 is 11.6 Å². The summed E-state index contributed by atoms with van der Waals surface area (Å²) in [5.74, 6) is 0.867. The highest BCUT2D eigenvalue weighted by atomic mass is 35.5. The number of halogens is 1. The third-order valence-electron chi connectivity index (χ3n) is 3.02. The molecule has 1 aromatic carbocycles. The molecular formula is C14H11ClN2O4. The van der Waals surface area contributed by atoms with Crippen molar-refractivity contribution in [1.29, 1.82) is 0 Å². The number of amides is 2. The molecule has 1 saturated heterocycles. The van der Waals surface area contributed by atoms with Crippen LogP contribution in [0.3, 0.4) is 0 Å². The summed E-state index contributed by atoms with van der Waals surface area (Å²) in [5, 5.41) is 3.01. The first-order chi connectivity index (χ1) is 10.0. The molecular weight excluding hydrogens is 296 g/mol. The van der Waals surface area contributed by atoms with Crippen LogP contribution in [0, 0.1) is 0 Å². The topological polar surface area (TPSA) is 77.0 Å². The van der Waals surface area contributed by atoms with Gasteiger partial charge in [0.2, 0.25) is 12.7 Å². The fourth-order valence-corrected chi connectivity index (χ4v) is 2.33. The van der Waals surface area contributed by atoms with Crippen molar-refractivity contribution in [3.63, 3.8) is 0 Å². The van der Waals surface area contributed by atoms with Crippen LogP contribution < -0.4 is 14.8 Å². The van der Waals surface area contributed by atoms with E-state index in [1.807, 2.05) is 0 Å². The van der Waals surface area contributed by atoms with Crippen molar-refractivity contribution < 1.29 is 19.1 Å². The first-order valence-electron chi connectivity index (χ1n) is 6.22. The molecule has 0 spiro atoms. The minimum absolute atomic E-state index is 0.154. The summed E-state index contributed by atoms with van der Waals surface area (Å²) >= 11 is 6.16. The lowest BCUT2D eigenvalue weighted by atomic mass is 10.1. The van der Waals surface area contributed by atoms with Gasteiger partial charge in [0.25, 0.3) is 5.91 Å². The number of aliphatic imine (C=N–C) groups is 1. The van der Waals surface area contributed by atoms with Crippen molar-refractivity contribution in [3.8, 4) is 11.5 Å². The lowest BCUT2D eigenvalue weighted by molar-refractivity contribution is -0.115. The van der Waals surface area contributed by atoms with E-state index >= 15 is 0 Å². The summed E-state index contributed by atoms with van der Waals surface area (Å²) in [7, 11) is 0. The van der Waals surface area contributed by atoms with E-state index in [1.54, 1.807) is 18.2 Å². The highest BCUT2D eigenvalue weighted by Gasteiger charge is 2.24. The molecule has 2 amide bonds. The van der Waals surface area contributed by atoms with E-state index in [2.05, 4.69) is 10.3 Å². The van der Waals surface area contributed by atoms with Gasteiger partial charge in [0, 0.05) is 25.0 Å². The summed E-state index contributed by atoms with van der Waals surface area (Å²) in [6.45, 7) is 1.48. The van der Waals surface area contributed by atoms with Crippen LogP contribution in [0.2, 0.25) is 5.02 Å². The number of rotatable bonds is 1. The predicted octanol–water partition coefficient (Wildman–Crippen LogP) is 1.92. The average molecular weight is 307 g/mol. The third kappa shape index (κ3) is 2.75. The second-order valence-electron chi connectivity index (χ2n) is 4.60. The molecule has 0 aliphatic carbocycles. The quantitative estimate of drug-likeness (QED) is 0.804. The Balaban J connectivity index is 1.92. The first kappa shape index (κ1) is 13.6. The zero-order chi connectivity index (χ0) is 15.0. The van der Waals surface area contributed by atoms with Gasteiger partial charge in [-0.25, -0.2) is 0 Å². The SMILES string of the molecule is CC(=O)/N=C1/C/C(=C\c2cc3c(cc2Cl)OCO3)C(=O)N1. The number of nitrogens with zero attached hydrogens (tertiary/aromatic N) is 1. The van der Waals surface area contributed by atoms with Crippen molar-refractivity contribution in [2.45, 2.75) is 13.3 Å². The van der Waals surface area contributed by atoms with Crippen LogP contribution in [0.4, 0.5) is 0 Å². The fourth-order valence-electron chi connectivity index (χ4n) is 2.12. The molecule has 1 fully saturated rings. The van der Waals surface area contributed by atoms with Crippen molar-refractivity contribution in [1.82, 2.24) is 5.32 Å². The van der Waals surface area contributed by atoms with Crippen LogP contribution in [-0.2, 0) is 9.59 Å². The van der Waals surface area contributed by atoms with Crippen molar-refractivity contribution in [2.75, 3.05) is 6.79 Å². The number of benzene rings is 1. The molecule has 2 aliphatic heterocycles. The summed E-state index contributed by atoms with van der Waals surface area (Å²) in [4.78, 5) is 26.5. The Morgan fingerprint density at radius 3 is 2.81 bits per heavy atom. The van der Waals surface area contributed by atoms with E-state index in [9.17, 15) is 9.59 Å². The summed E-state index contributed by atoms with van der Waals surface area (Å²) in [6.07, 6.45) is 1.92. The van der Waals surface area contributed by atoms with Gasteiger partial charge < -0.3 is 14.8 Å². The highest BCUT2D eigenvalue weighted by Crippen LogP contribution is 2.37. The highest BCUT2D eigenvalue weighted by molar-refractivity contribution is 6.32. The van der Waals surface area contributed by atoms with Gasteiger partial charge in [-0.1, -0.05) is 11.6 Å². The minimum atomic E-state index is -0.354. The number of carbonyl (C=O) groups is 2. The Kier molecular flexibility index (Phi) is 3.39. The second-order valence-corrected chi connectivity index (χ2v) is 5.01. The number of carbonyl (C=O) groups excluding carboxylic acids is 2. The standard InChI is InChI=1S/C14H11ClN2O4/c1-7(18)16-13-4-9(14(19)17-13)2-8-3-11-12(5-10(8)15)21-6-20-11/h2-3,5H,4,6H2,1H3,(H,16,17,18,19)/b9-2+. The zero-order valence-electron chi connectivity index (χ0n) is 11.1. The number of hydrogen-bond acceptors (Lipinski definition) is 4. The molecule has 0 aromatic heterocycles. The van der Waals surface area contributed by atoms with E-state index in [0.717, 1.165) is 0 Å². The molecule has 1 aromatic rings. The monoisotopic (exact) mass is 306 g/mol. The molecule has 7 heteroatoms. The molecule has 21 heavy (non-hydrogen) atoms. The molecule has 0 bridgehead atoms. The van der Waals surface area contributed by atoms with Gasteiger partial charge >= 0.3 is 0 Å². The molecule has 0 unspecified atom stereocenters. The fraction of sp³-hybridized carbons (Fsp3) is 0.214. The van der Waals surface area contributed by atoms with Crippen LogP contribution in [0.25, 0.3) is 6.08 Å². The maximum absolute atomic E-state index is 11.8. The summed E-state index contributed by atoms with van der Waals surface area (Å²) in [5.41, 5.74) is 1.13. The third-order valence-corrected chi connectivity index (χ3v) is 3.35. The van der Waals surface area contributed by atoms with Gasteiger partial charge in [0.05, 0.1) is 5.02 Å². The van der Waals surface area contributed by atoms with Crippen molar-refractivity contribution in [3.05, 3.63) is 28.3 Å². The zero-order valence-corrected chi connectivity index (χ0v) is 11.9. The Morgan fingerprint density at radius 2 is 2.10 bits per heavy atom. The minimum Gasteiger partial charge on any atom is -0.454 e. The molecule has 3 rings (SSSR count). The molecule has 0 radical (unpaired) electrons. The molecule has 2 heterocycles. The van der Waals surface area contributed by atoms with Crippen molar-refractivity contribution in [2.24, 2.45) is 4.99 Å². The van der Waals surface area contributed by atoms with Gasteiger partial charge in [-0.05, 0) is 17.7 Å². The normalized spacial score (nSPS) is 20.2. The molecule has 0 saturated carbocycles. The maximum Gasteiger partial charge on any atom is 0.252 e. The molecule has 108 valence electrons. The van der Waals surface area contributed by atoms with Crippen molar-refractivity contribution >= 4 is 35.3 Å². The van der Waals surface area contributed by atoms with E-state index in [1.165, 1.54) is 6.92 Å². The lowest BCUT2D eigenvalue weighted by Crippen LogP contribution is -2.20. The second kappa shape index (κ2) is 5.21. The molecule has 6 nitrogen and oxygen atoms in total. The number of fused-ring (bicyclic) bond motifs is 1. The van der Waals surface area contributed by atoms with Crippen LogP contribution in [-0.4, -0.2) is 24.4 Å². The van der Waals surface area contributed by atoms with Crippen LogP contribution in [0.5, 0.6) is 11.5 Å². The molecule has 2 aliphatic rings. The van der Waals surface area contributed by atoms with E-state index in [0.29, 0.717) is 33.5 Å². The van der Waals surface area contributed by atoms with Gasteiger partial charge in [-0.15, -0.1) is 0 Å². The number of nitrogens with one attached hydrogen (secondary N) is 1. The summed E-state index contributed by atoms with van der Waals surface area (Å²) < 4.78 is 10.5. The largest absolute Gasteiger partial charge is 0.454 e. The number of hydrogen-bond donors (Lipinski definition) is 1. The smallest absolute Gasteiger partial charge is 0.252 e. The first-order valence-corrected chi connectivity index (χ1v) is 6.60. The van der Waals surface area contributed by atoms with Gasteiger partial charge in [0.15, 0.2) is 11.5 Å². The van der Waals surface area contributed by atoms with Crippen LogP contribution in [0.1, 0.15) is 18.9 Å². The Hall–Kier alpha value is -2.34. The Morgan fingerprint density at radius 1 is 1.38 bits per heavy atom. The Bertz CT molecular complexity index is 709. The lowest BCUT2D eigenvalue weighted by Gasteiger charge is -2.02. The molecule has 1 N–H and O–H groups in total. The van der Waals surface area contributed by atoms with Crippen LogP contribution in [0.15, 0.2) is 22.7 Å². The summed E-state index contributed by atoms with van der Waals surface area (Å²) in [6, 6.07) is 3.36. The number of amidine groups is 1. The Labute approximate surface area is 125 Å². The maximum atomic E-state index is 11.8. The van der Waals surface area contributed by atoms with Gasteiger partial charge in [-0.2, -0.15) is 4.99 Å². The van der Waals surface area contributed by atoms with Gasteiger partial charge in [0.1, 0.15) is 5.84 Å².